The maximum absolute atomic E-state index is 15.3. The van der Waals surface area contributed by atoms with Crippen molar-refractivity contribution in [2.45, 2.75) is 55.9 Å². The number of carboxylic acid groups (broad SMARTS) is 1. The average Bonchev–Trinajstić information content (AvgIpc) is 3.52. The van der Waals surface area contributed by atoms with Gasteiger partial charge in [0, 0.05) is 25.6 Å². The number of benzene rings is 3. The third-order valence-corrected chi connectivity index (χ3v) is 8.82. The lowest BCUT2D eigenvalue weighted by molar-refractivity contribution is -0.133. The fourth-order valence-electron chi connectivity index (χ4n) is 6.77. The van der Waals surface area contributed by atoms with E-state index >= 15 is 4.39 Å². The normalized spacial score (nSPS) is 17.9. The first-order chi connectivity index (χ1) is 22.9. The van der Waals surface area contributed by atoms with Gasteiger partial charge in [-0.1, -0.05) is 116 Å². The third kappa shape index (κ3) is 7.86. The summed E-state index contributed by atoms with van der Waals surface area (Å²) in [6.07, 6.45) is 4.61. The van der Waals surface area contributed by atoms with Crippen LogP contribution in [0.15, 0.2) is 103 Å². The average molecular weight is 633 g/mol. The lowest BCUT2D eigenvalue weighted by Crippen LogP contribution is -2.53. The Morgan fingerprint density at radius 3 is 2.19 bits per heavy atom. The Bertz CT molecular complexity index is 1700. The molecular formula is C38H37FN4O4. The number of carbonyl (C=O) groups is 2. The van der Waals surface area contributed by atoms with Gasteiger partial charge in [0.15, 0.2) is 5.82 Å². The predicted molar refractivity (Wildman–Crippen MR) is 177 cm³/mol. The van der Waals surface area contributed by atoms with Crippen LogP contribution in [-0.4, -0.2) is 57.8 Å². The first kappa shape index (κ1) is 31.9. The summed E-state index contributed by atoms with van der Waals surface area (Å²) in [7, 11) is 0. The standard InChI is InChI=1S/C38H37FN4O4/c39-32-22-40-23-33(41-36(44)35(42-37(45)46)34(28-14-6-2-7-15-28)29-16-8-3-9-17-29)31(32)19-18-30-25-43(24-27-12-4-1-5-13-27)26-38(47-30)20-10-11-21-38/h1-9,12-17,22-23,30,34-35,42H,10-11,20-21,24-26H2,(H,41,44)(H,45,46). The van der Waals surface area contributed by atoms with Crippen molar-refractivity contribution in [3.8, 4) is 11.8 Å². The summed E-state index contributed by atoms with van der Waals surface area (Å²) >= 11 is 0. The van der Waals surface area contributed by atoms with Crippen LogP contribution in [0.25, 0.3) is 0 Å². The Kier molecular flexibility index (Phi) is 9.91. The number of anilines is 1. The molecular weight excluding hydrogens is 595 g/mol. The van der Waals surface area contributed by atoms with Gasteiger partial charge in [0.1, 0.15) is 12.1 Å². The van der Waals surface area contributed by atoms with Crippen molar-refractivity contribution in [3.63, 3.8) is 0 Å². The molecule has 2 unspecified atom stereocenters. The molecule has 240 valence electrons. The molecule has 1 saturated carbocycles. The van der Waals surface area contributed by atoms with E-state index in [2.05, 4.69) is 44.5 Å². The lowest BCUT2D eigenvalue weighted by atomic mass is 9.84. The molecule has 1 aliphatic carbocycles. The quantitative estimate of drug-likeness (QED) is 0.200. The van der Waals surface area contributed by atoms with Crippen LogP contribution in [0.5, 0.6) is 0 Å². The van der Waals surface area contributed by atoms with Gasteiger partial charge in [-0.15, -0.1) is 0 Å². The Balaban J connectivity index is 1.28. The van der Waals surface area contributed by atoms with Crippen molar-refractivity contribution in [2.24, 2.45) is 0 Å². The molecule has 3 N–H and O–H groups in total. The minimum atomic E-state index is -1.37. The number of carbonyl (C=O) groups excluding carboxylic acids is 1. The summed E-state index contributed by atoms with van der Waals surface area (Å²) in [5.41, 5.74) is 2.39. The van der Waals surface area contributed by atoms with Crippen LogP contribution in [0.3, 0.4) is 0 Å². The maximum atomic E-state index is 15.3. The number of hydrogen-bond donors (Lipinski definition) is 3. The van der Waals surface area contributed by atoms with Crippen LogP contribution in [-0.2, 0) is 16.1 Å². The van der Waals surface area contributed by atoms with Gasteiger partial charge in [0.05, 0.1) is 29.2 Å². The first-order valence-corrected chi connectivity index (χ1v) is 15.9. The monoisotopic (exact) mass is 632 g/mol. The van der Waals surface area contributed by atoms with E-state index in [9.17, 15) is 14.7 Å². The van der Waals surface area contributed by atoms with Crippen LogP contribution in [0.1, 0.15) is 53.9 Å². The smallest absolute Gasteiger partial charge is 0.405 e. The van der Waals surface area contributed by atoms with Crippen LogP contribution >= 0.6 is 0 Å². The molecule has 2 atom stereocenters. The van der Waals surface area contributed by atoms with Gasteiger partial charge in [0.25, 0.3) is 0 Å². The summed E-state index contributed by atoms with van der Waals surface area (Å²) in [5.74, 6) is 4.06. The number of nitrogens with zero attached hydrogens (tertiary/aromatic N) is 2. The molecule has 1 spiro atoms. The molecule has 2 fully saturated rings. The fraction of sp³-hybridized carbons (Fsp3) is 0.289. The molecule has 1 saturated heterocycles. The highest BCUT2D eigenvalue weighted by atomic mass is 19.1. The van der Waals surface area contributed by atoms with E-state index in [1.807, 2.05) is 78.9 Å². The Labute approximate surface area is 274 Å². The molecule has 0 bridgehead atoms. The van der Waals surface area contributed by atoms with Gasteiger partial charge < -0.3 is 20.5 Å². The van der Waals surface area contributed by atoms with Gasteiger partial charge in [-0.05, 0) is 29.5 Å². The van der Waals surface area contributed by atoms with E-state index in [1.165, 1.54) is 11.8 Å². The lowest BCUT2D eigenvalue weighted by Gasteiger charge is -2.43. The second-order valence-electron chi connectivity index (χ2n) is 12.2. The molecule has 47 heavy (non-hydrogen) atoms. The minimum absolute atomic E-state index is 0.0392. The second kappa shape index (κ2) is 14.6. The maximum Gasteiger partial charge on any atom is 0.405 e. The van der Waals surface area contributed by atoms with Crippen LogP contribution in [0.4, 0.5) is 14.9 Å². The SMILES string of the molecule is O=C(O)NC(C(=O)Nc1cncc(F)c1C#CC1CN(Cc2ccccc2)CC2(CCCC2)O1)C(c1ccccc1)c1ccccc1. The van der Waals surface area contributed by atoms with Gasteiger partial charge in [0.2, 0.25) is 5.91 Å². The first-order valence-electron chi connectivity index (χ1n) is 15.9. The Morgan fingerprint density at radius 2 is 1.57 bits per heavy atom. The zero-order valence-corrected chi connectivity index (χ0v) is 25.9. The molecule has 4 aromatic rings. The van der Waals surface area contributed by atoms with Crippen molar-refractivity contribution >= 4 is 17.7 Å². The van der Waals surface area contributed by atoms with Crippen molar-refractivity contribution in [1.29, 1.82) is 0 Å². The fourth-order valence-corrected chi connectivity index (χ4v) is 6.77. The largest absolute Gasteiger partial charge is 0.465 e. The van der Waals surface area contributed by atoms with Crippen LogP contribution < -0.4 is 10.6 Å². The topological polar surface area (TPSA) is 104 Å². The minimum Gasteiger partial charge on any atom is -0.465 e. The molecule has 1 aliphatic heterocycles. The number of rotatable bonds is 8. The number of morpholine rings is 1. The Morgan fingerprint density at radius 1 is 0.957 bits per heavy atom. The summed E-state index contributed by atoms with van der Waals surface area (Å²) in [6, 6.07) is 27.4. The molecule has 6 rings (SSSR count). The highest BCUT2D eigenvalue weighted by molar-refractivity contribution is 5.98. The Hall–Kier alpha value is -5.04. The number of aromatic nitrogens is 1. The van der Waals surface area contributed by atoms with Gasteiger partial charge in [-0.3, -0.25) is 14.7 Å². The second-order valence-corrected chi connectivity index (χ2v) is 12.2. The van der Waals surface area contributed by atoms with E-state index in [0.717, 1.165) is 56.1 Å². The predicted octanol–water partition coefficient (Wildman–Crippen LogP) is 6.19. The van der Waals surface area contributed by atoms with E-state index in [4.69, 9.17) is 4.74 Å². The molecule has 3 aromatic carbocycles. The molecule has 9 heteroatoms. The number of nitrogens with one attached hydrogen (secondary N) is 2. The van der Waals surface area contributed by atoms with E-state index in [0.29, 0.717) is 6.54 Å². The molecule has 2 aliphatic rings. The van der Waals surface area contributed by atoms with Crippen molar-refractivity contribution in [3.05, 3.63) is 131 Å². The third-order valence-electron chi connectivity index (χ3n) is 8.82. The van der Waals surface area contributed by atoms with Crippen molar-refractivity contribution in [2.75, 3.05) is 18.4 Å². The van der Waals surface area contributed by atoms with E-state index in [1.54, 1.807) is 0 Å². The zero-order valence-electron chi connectivity index (χ0n) is 25.9. The molecule has 8 nitrogen and oxygen atoms in total. The molecule has 1 aromatic heterocycles. The van der Waals surface area contributed by atoms with Crippen LogP contribution in [0, 0.1) is 17.7 Å². The van der Waals surface area contributed by atoms with Gasteiger partial charge >= 0.3 is 6.09 Å². The molecule has 2 amide bonds. The summed E-state index contributed by atoms with van der Waals surface area (Å²) < 4.78 is 21.9. The highest BCUT2D eigenvalue weighted by Gasteiger charge is 2.42. The number of amides is 2. The summed E-state index contributed by atoms with van der Waals surface area (Å²) in [6.45, 7) is 2.13. The van der Waals surface area contributed by atoms with Crippen molar-refractivity contribution in [1.82, 2.24) is 15.2 Å². The number of halogens is 1. The highest BCUT2D eigenvalue weighted by Crippen LogP contribution is 2.38. The molecule has 0 radical (unpaired) electrons. The van der Waals surface area contributed by atoms with Crippen LogP contribution in [0.2, 0.25) is 0 Å². The van der Waals surface area contributed by atoms with E-state index < -0.39 is 35.9 Å². The molecule has 2 heterocycles. The van der Waals surface area contributed by atoms with Crippen molar-refractivity contribution < 1.29 is 23.8 Å². The summed E-state index contributed by atoms with van der Waals surface area (Å²) in [4.78, 5) is 32.2. The zero-order chi connectivity index (χ0) is 32.6. The summed E-state index contributed by atoms with van der Waals surface area (Å²) in [5, 5.41) is 14.9. The number of pyridine rings is 1. The van der Waals surface area contributed by atoms with Gasteiger partial charge in [-0.25, -0.2) is 9.18 Å². The number of ether oxygens (including phenoxy) is 1. The van der Waals surface area contributed by atoms with E-state index in [-0.39, 0.29) is 16.9 Å². The van der Waals surface area contributed by atoms with Gasteiger partial charge in [-0.2, -0.15) is 0 Å². The number of hydrogen-bond acceptors (Lipinski definition) is 5.